The maximum Gasteiger partial charge on any atom is 0.313 e. The fourth-order valence-electron chi connectivity index (χ4n) is 1.33. The molecule has 0 bridgehead atoms. The normalized spacial score (nSPS) is 10.1. The molecule has 1 aromatic carbocycles. The van der Waals surface area contributed by atoms with Crippen LogP contribution >= 0.6 is 27.7 Å². The van der Waals surface area contributed by atoms with E-state index in [0.29, 0.717) is 6.54 Å². The van der Waals surface area contributed by atoms with E-state index in [1.54, 1.807) is 0 Å². The van der Waals surface area contributed by atoms with E-state index in [2.05, 4.69) is 21.2 Å². The average Bonchev–Trinajstić information content (AvgIpc) is 2.27. The Hall–Kier alpha value is -1.01. The van der Waals surface area contributed by atoms with E-state index in [0.717, 1.165) is 27.4 Å². The van der Waals surface area contributed by atoms with Gasteiger partial charge in [0, 0.05) is 11.0 Å². The molecule has 0 aliphatic carbocycles. The second-order valence-corrected chi connectivity index (χ2v) is 5.64. The number of carbonyl (C=O) groups excluding carboxylic acids is 1. The third kappa shape index (κ3) is 5.55. The molecule has 6 heteroatoms. The molecular formula is C12H14BrNO3S. The number of carboxylic acids is 1. The highest BCUT2D eigenvalue weighted by atomic mass is 79.9. The molecule has 0 atom stereocenters. The number of rotatable bonds is 6. The van der Waals surface area contributed by atoms with Crippen molar-refractivity contribution in [2.24, 2.45) is 0 Å². The summed E-state index contributed by atoms with van der Waals surface area (Å²) in [5.74, 6) is -0.938. The third-order valence-corrected chi connectivity index (χ3v) is 3.65. The summed E-state index contributed by atoms with van der Waals surface area (Å²) in [6.45, 7) is 2.44. The summed E-state index contributed by atoms with van der Waals surface area (Å²) in [7, 11) is 0. The summed E-state index contributed by atoms with van der Waals surface area (Å²) >= 11 is 4.47. The number of hydrogen-bond donors (Lipinski definition) is 2. The van der Waals surface area contributed by atoms with Gasteiger partial charge in [0.2, 0.25) is 5.91 Å². The molecule has 0 fully saturated rings. The summed E-state index contributed by atoms with van der Waals surface area (Å²) in [5.41, 5.74) is 2.15. The molecule has 0 saturated heterocycles. The predicted octanol–water partition coefficient (Wildman–Crippen LogP) is 2.19. The first-order valence-electron chi connectivity index (χ1n) is 5.30. The summed E-state index contributed by atoms with van der Waals surface area (Å²) < 4.78 is 1.01. The van der Waals surface area contributed by atoms with Crippen LogP contribution in [0.3, 0.4) is 0 Å². The van der Waals surface area contributed by atoms with Crippen molar-refractivity contribution >= 4 is 39.6 Å². The second-order valence-electron chi connectivity index (χ2n) is 3.73. The zero-order chi connectivity index (χ0) is 13.5. The van der Waals surface area contributed by atoms with Crippen LogP contribution in [0.2, 0.25) is 0 Å². The minimum absolute atomic E-state index is 0.0509. The summed E-state index contributed by atoms with van der Waals surface area (Å²) in [6.07, 6.45) is 0. The number of benzene rings is 1. The first kappa shape index (κ1) is 15.0. The molecule has 4 nitrogen and oxygen atoms in total. The van der Waals surface area contributed by atoms with Gasteiger partial charge in [-0.1, -0.05) is 22.0 Å². The van der Waals surface area contributed by atoms with Crippen LogP contribution in [0.15, 0.2) is 22.7 Å². The minimum Gasteiger partial charge on any atom is -0.481 e. The van der Waals surface area contributed by atoms with Crippen LogP contribution in [-0.4, -0.2) is 28.5 Å². The number of halogens is 1. The Morgan fingerprint density at radius 3 is 2.72 bits per heavy atom. The zero-order valence-electron chi connectivity index (χ0n) is 9.90. The van der Waals surface area contributed by atoms with E-state index >= 15 is 0 Å². The lowest BCUT2D eigenvalue weighted by Crippen LogP contribution is -2.25. The number of aryl methyl sites for hydroxylation is 1. The number of carboxylic acid groups (broad SMARTS) is 1. The molecule has 1 amide bonds. The van der Waals surface area contributed by atoms with Crippen LogP contribution in [-0.2, 0) is 16.1 Å². The van der Waals surface area contributed by atoms with Crippen LogP contribution in [0.25, 0.3) is 0 Å². The molecule has 0 unspecified atom stereocenters. The predicted molar refractivity (Wildman–Crippen MR) is 75.7 cm³/mol. The van der Waals surface area contributed by atoms with Crippen molar-refractivity contribution in [3.8, 4) is 0 Å². The molecule has 0 aromatic heterocycles. The molecule has 0 aliphatic heterocycles. The van der Waals surface area contributed by atoms with Crippen molar-refractivity contribution in [1.82, 2.24) is 5.32 Å². The lowest BCUT2D eigenvalue weighted by Gasteiger charge is -2.08. The molecule has 0 spiro atoms. The summed E-state index contributed by atoms with van der Waals surface area (Å²) in [5, 5.41) is 11.2. The van der Waals surface area contributed by atoms with Crippen molar-refractivity contribution in [2.45, 2.75) is 13.5 Å². The van der Waals surface area contributed by atoms with Crippen molar-refractivity contribution in [3.05, 3.63) is 33.8 Å². The van der Waals surface area contributed by atoms with Crippen LogP contribution in [0.5, 0.6) is 0 Å². The topological polar surface area (TPSA) is 66.4 Å². The molecule has 1 rings (SSSR count). The van der Waals surface area contributed by atoms with Crippen LogP contribution in [0, 0.1) is 6.92 Å². The van der Waals surface area contributed by atoms with Crippen LogP contribution in [0.1, 0.15) is 11.1 Å². The van der Waals surface area contributed by atoms with E-state index in [1.165, 1.54) is 0 Å². The standard InChI is InChI=1S/C12H14BrNO3S/c1-8-4-10(13)3-2-9(8)5-14-11(15)6-18-7-12(16)17/h2-4H,5-7H2,1H3,(H,14,15)(H,16,17). The highest BCUT2D eigenvalue weighted by molar-refractivity contribution is 9.10. The summed E-state index contributed by atoms with van der Waals surface area (Å²) in [4.78, 5) is 21.7. The van der Waals surface area contributed by atoms with Gasteiger partial charge in [0.15, 0.2) is 0 Å². The van der Waals surface area contributed by atoms with Gasteiger partial charge in [0.1, 0.15) is 0 Å². The van der Waals surface area contributed by atoms with Gasteiger partial charge >= 0.3 is 5.97 Å². The van der Waals surface area contributed by atoms with Gasteiger partial charge in [0.25, 0.3) is 0 Å². The first-order chi connectivity index (χ1) is 8.49. The van der Waals surface area contributed by atoms with Crippen molar-refractivity contribution in [1.29, 1.82) is 0 Å². The molecule has 0 saturated carbocycles. The van der Waals surface area contributed by atoms with Gasteiger partial charge in [0.05, 0.1) is 11.5 Å². The molecule has 18 heavy (non-hydrogen) atoms. The second kappa shape index (κ2) is 7.43. The highest BCUT2D eigenvalue weighted by Gasteiger charge is 2.05. The van der Waals surface area contributed by atoms with Crippen LogP contribution in [0.4, 0.5) is 0 Å². The van der Waals surface area contributed by atoms with Gasteiger partial charge in [-0.3, -0.25) is 9.59 Å². The SMILES string of the molecule is Cc1cc(Br)ccc1CNC(=O)CSCC(=O)O. The van der Waals surface area contributed by atoms with Crippen molar-refractivity contribution in [3.63, 3.8) is 0 Å². The average molecular weight is 332 g/mol. The van der Waals surface area contributed by atoms with E-state index in [-0.39, 0.29) is 17.4 Å². The highest BCUT2D eigenvalue weighted by Crippen LogP contribution is 2.15. The van der Waals surface area contributed by atoms with Gasteiger partial charge in [-0.15, -0.1) is 11.8 Å². The Morgan fingerprint density at radius 2 is 2.11 bits per heavy atom. The number of hydrogen-bond acceptors (Lipinski definition) is 3. The minimum atomic E-state index is -0.906. The van der Waals surface area contributed by atoms with Crippen LogP contribution < -0.4 is 5.32 Å². The van der Waals surface area contributed by atoms with E-state index < -0.39 is 5.97 Å². The number of thioether (sulfide) groups is 1. The molecule has 1 aromatic rings. The Labute approximate surface area is 118 Å². The van der Waals surface area contributed by atoms with Crippen molar-refractivity contribution < 1.29 is 14.7 Å². The Bertz CT molecular complexity index is 451. The van der Waals surface area contributed by atoms with Gasteiger partial charge in [-0.05, 0) is 30.2 Å². The van der Waals surface area contributed by atoms with E-state index in [4.69, 9.17) is 5.11 Å². The Balaban J connectivity index is 2.36. The van der Waals surface area contributed by atoms with Crippen molar-refractivity contribution in [2.75, 3.05) is 11.5 Å². The molecule has 0 radical (unpaired) electrons. The van der Waals surface area contributed by atoms with E-state index in [1.807, 2.05) is 25.1 Å². The molecule has 0 aliphatic rings. The Morgan fingerprint density at radius 1 is 1.39 bits per heavy atom. The number of aliphatic carboxylic acids is 1. The number of nitrogens with one attached hydrogen (secondary N) is 1. The molecule has 98 valence electrons. The summed E-state index contributed by atoms with van der Waals surface area (Å²) in [6, 6.07) is 5.86. The zero-order valence-corrected chi connectivity index (χ0v) is 12.3. The third-order valence-electron chi connectivity index (χ3n) is 2.24. The monoisotopic (exact) mass is 331 g/mol. The lowest BCUT2D eigenvalue weighted by molar-refractivity contribution is -0.133. The fourth-order valence-corrected chi connectivity index (χ4v) is 2.37. The molecule has 0 heterocycles. The fraction of sp³-hybridized carbons (Fsp3) is 0.333. The van der Waals surface area contributed by atoms with Gasteiger partial charge in [-0.2, -0.15) is 0 Å². The maximum absolute atomic E-state index is 11.4. The van der Waals surface area contributed by atoms with Gasteiger partial charge < -0.3 is 10.4 Å². The molecular weight excluding hydrogens is 318 g/mol. The number of carbonyl (C=O) groups is 2. The maximum atomic E-state index is 11.4. The number of amides is 1. The quantitative estimate of drug-likeness (QED) is 0.838. The molecule has 2 N–H and O–H groups in total. The lowest BCUT2D eigenvalue weighted by atomic mass is 10.1. The Kier molecular flexibility index (Phi) is 6.21. The first-order valence-corrected chi connectivity index (χ1v) is 7.25. The smallest absolute Gasteiger partial charge is 0.313 e. The van der Waals surface area contributed by atoms with E-state index in [9.17, 15) is 9.59 Å². The largest absolute Gasteiger partial charge is 0.481 e. The van der Waals surface area contributed by atoms with Gasteiger partial charge in [-0.25, -0.2) is 0 Å².